The predicted octanol–water partition coefficient (Wildman–Crippen LogP) is 3.78. The number of amides is 1. The fourth-order valence-electron chi connectivity index (χ4n) is 2.86. The fraction of sp³-hybridized carbons (Fsp3) is 0.500. The van der Waals surface area contributed by atoms with E-state index in [0.717, 1.165) is 12.0 Å². The van der Waals surface area contributed by atoms with Gasteiger partial charge in [-0.05, 0) is 50.3 Å². The van der Waals surface area contributed by atoms with Crippen LogP contribution in [0.15, 0.2) is 18.2 Å². The van der Waals surface area contributed by atoms with Gasteiger partial charge in [0.1, 0.15) is 5.54 Å². The topological polar surface area (TPSA) is 57.6 Å². The van der Waals surface area contributed by atoms with Crippen molar-refractivity contribution in [3.05, 3.63) is 33.8 Å². The van der Waals surface area contributed by atoms with Crippen molar-refractivity contribution in [1.29, 1.82) is 0 Å². The van der Waals surface area contributed by atoms with Crippen molar-refractivity contribution < 1.29 is 14.7 Å². The minimum Gasteiger partial charge on any atom is -0.480 e. The van der Waals surface area contributed by atoms with E-state index in [0.29, 0.717) is 42.3 Å². The molecule has 1 atom stereocenters. The summed E-state index contributed by atoms with van der Waals surface area (Å²) < 4.78 is 0. The van der Waals surface area contributed by atoms with Gasteiger partial charge < -0.3 is 10.0 Å². The van der Waals surface area contributed by atoms with Crippen LogP contribution in [0.4, 0.5) is 0 Å². The lowest BCUT2D eigenvalue weighted by atomic mass is 9.98. The second-order valence-corrected chi connectivity index (χ2v) is 6.64. The number of carbonyl (C=O) groups excluding carboxylic acids is 1. The zero-order valence-corrected chi connectivity index (χ0v) is 14.0. The lowest BCUT2D eigenvalue weighted by molar-refractivity contribution is -0.155. The summed E-state index contributed by atoms with van der Waals surface area (Å²) in [6.07, 6.45) is 2.95. The number of hydrogen-bond acceptors (Lipinski definition) is 2. The third kappa shape index (κ3) is 3.55. The summed E-state index contributed by atoms with van der Waals surface area (Å²) in [6.45, 7) is 2.15. The second kappa shape index (κ2) is 6.88. The molecule has 1 heterocycles. The van der Waals surface area contributed by atoms with Crippen LogP contribution in [0.2, 0.25) is 10.0 Å². The first kappa shape index (κ1) is 17.1. The molecule has 1 aliphatic heterocycles. The number of nitrogens with zero attached hydrogens (tertiary/aromatic N) is 1. The SMILES string of the molecule is CC1(C(=O)O)CCCN1C(=O)CCCc1ccc(Cl)c(Cl)c1. The maximum absolute atomic E-state index is 12.3. The summed E-state index contributed by atoms with van der Waals surface area (Å²) in [5.41, 5.74) is -0.0367. The van der Waals surface area contributed by atoms with E-state index < -0.39 is 11.5 Å². The molecule has 1 aliphatic rings. The highest BCUT2D eigenvalue weighted by Crippen LogP contribution is 2.30. The average molecular weight is 344 g/mol. The maximum atomic E-state index is 12.3. The number of hydrogen-bond donors (Lipinski definition) is 1. The van der Waals surface area contributed by atoms with E-state index in [9.17, 15) is 14.7 Å². The van der Waals surface area contributed by atoms with E-state index in [1.165, 1.54) is 4.90 Å². The number of benzene rings is 1. The van der Waals surface area contributed by atoms with Gasteiger partial charge in [0.15, 0.2) is 0 Å². The molecule has 1 N–H and O–H groups in total. The molecule has 1 aromatic rings. The van der Waals surface area contributed by atoms with Crippen molar-refractivity contribution >= 4 is 35.1 Å². The van der Waals surface area contributed by atoms with Crippen LogP contribution in [0.25, 0.3) is 0 Å². The van der Waals surface area contributed by atoms with Crippen molar-refractivity contribution in [2.75, 3.05) is 6.54 Å². The van der Waals surface area contributed by atoms with Crippen LogP contribution in [0.3, 0.4) is 0 Å². The van der Waals surface area contributed by atoms with Gasteiger partial charge in [0, 0.05) is 13.0 Å². The van der Waals surface area contributed by atoms with Crippen molar-refractivity contribution in [1.82, 2.24) is 4.90 Å². The Morgan fingerprint density at radius 1 is 1.32 bits per heavy atom. The molecule has 4 nitrogen and oxygen atoms in total. The number of aryl methyl sites for hydroxylation is 1. The lowest BCUT2D eigenvalue weighted by Gasteiger charge is -2.31. The summed E-state index contributed by atoms with van der Waals surface area (Å²) in [7, 11) is 0. The zero-order valence-electron chi connectivity index (χ0n) is 12.4. The monoisotopic (exact) mass is 343 g/mol. The van der Waals surface area contributed by atoms with Crippen LogP contribution >= 0.6 is 23.2 Å². The Labute approximate surface area is 140 Å². The molecule has 0 spiro atoms. The molecule has 120 valence electrons. The molecule has 1 saturated heterocycles. The molecule has 0 aliphatic carbocycles. The molecule has 6 heteroatoms. The van der Waals surface area contributed by atoms with E-state index in [1.54, 1.807) is 19.1 Å². The zero-order chi connectivity index (χ0) is 16.3. The molecular formula is C16H19Cl2NO3. The molecular weight excluding hydrogens is 325 g/mol. The lowest BCUT2D eigenvalue weighted by Crippen LogP contribution is -2.50. The highest BCUT2D eigenvalue weighted by Gasteiger charge is 2.45. The molecule has 0 aromatic heterocycles. The standard InChI is InChI=1S/C16H19Cl2NO3/c1-16(15(21)22)8-3-9-19(16)14(20)5-2-4-11-6-7-12(17)13(18)10-11/h6-7,10H,2-5,8-9H2,1H3,(H,21,22). The fourth-order valence-corrected chi connectivity index (χ4v) is 3.18. The Balaban J connectivity index is 1.90. The van der Waals surface area contributed by atoms with Gasteiger partial charge in [-0.3, -0.25) is 4.79 Å². The maximum Gasteiger partial charge on any atom is 0.329 e. The number of carboxylic acids is 1. The van der Waals surface area contributed by atoms with Gasteiger partial charge in [-0.2, -0.15) is 0 Å². The van der Waals surface area contributed by atoms with Crippen molar-refractivity contribution in [3.8, 4) is 0 Å². The summed E-state index contributed by atoms with van der Waals surface area (Å²) in [5, 5.41) is 10.3. The van der Waals surface area contributed by atoms with Gasteiger partial charge in [0.25, 0.3) is 0 Å². The van der Waals surface area contributed by atoms with Crippen LogP contribution in [0.5, 0.6) is 0 Å². The van der Waals surface area contributed by atoms with Crippen LogP contribution in [-0.2, 0) is 16.0 Å². The first-order chi connectivity index (χ1) is 10.3. The molecule has 1 aromatic carbocycles. The molecule has 0 saturated carbocycles. The highest BCUT2D eigenvalue weighted by atomic mass is 35.5. The summed E-state index contributed by atoms with van der Waals surface area (Å²) in [5.74, 6) is -1.02. The number of carboxylic acid groups (broad SMARTS) is 1. The minimum atomic E-state index is -1.05. The van der Waals surface area contributed by atoms with Crippen LogP contribution < -0.4 is 0 Å². The molecule has 22 heavy (non-hydrogen) atoms. The summed E-state index contributed by atoms with van der Waals surface area (Å²) in [4.78, 5) is 25.2. The Morgan fingerprint density at radius 3 is 2.68 bits per heavy atom. The molecule has 2 rings (SSSR count). The molecule has 0 bridgehead atoms. The van der Waals surface area contributed by atoms with Crippen molar-refractivity contribution in [3.63, 3.8) is 0 Å². The second-order valence-electron chi connectivity index (χ2n) is 5.83. The number of likely N-dealkylation sites (tertiary alicyclic amines) is 1. The average Bonchev–Trinajstić information content (AvgIpc) is 2.86. The third-order valence-corrected chi connectivity index (χ3v) is 4.98. The quantitative estimate of drug-likeness (QED) is 0.884. The van der Waals surface area contributed by atoms with E-state index in [2.05, 4.69) is 0 Å². The van der Waals surface area contributed by atoms with Gasteiger partial charge in [-0.25, -0.2) is 4.79 Å². The number of rotatable bonds is 5. The number of halogens is 2. The van der Waals surface area contributed by atoms with Gasteiger partial charge in [-0.15, -0.1) is 0 Å². The Bertz CT molecular complexity index is 591. The minimum absolute atomic E-state index is 0.0949. The number of aliphatic carboxylic acids is 1. The summed E-state index contributed by atoms with van der Waals surface area (Å²) >= 11 is 11.8. The number of carbonyl (C=O) groups is 2. The van der Waals surface area contributed by atoms with Crippen LogP contribution in [-0.4, -0.2) is 34.0 Å². The van der Waals surface area contributed by atoms with Gasteiger partial charge in [0.2, 0.25) is 5.91 Å². The normalized spacial score (nSPS) is 21.1. The van der Waals surface area contributed by atoms with Gasteiger partial charge in [-0.1, -0.05) is 29.3 Å². The Kier molecular flexibility index (Phi) is 5.35. The van der Waals surface area contributed by atoms with E-state index in [1.807, 2.05) is 6.07 Å². The van der Waals surface area contributed by atoms with Crippen molar-refractivity contribution in [2.45, 2.75) is 44.6 Å². The van der Waals surface area contributed by atoms with Crippen LogP contribution in [0, 0.1) is 0 Å². The van der Waals surface area contributed by atoms with E-state index in [-0.39, 0.29) is 5.91 Å². The highest BCUT2D eigenvalue weighted by molar-refractivity contribution is 6.42. The first-order valence-electron chi connectivity index (χ1n) is 7.32. The predicted molar refractivity (Wildman–Crippen MR) is 86.4 cm³/mol. The van der Waals surface area contributed by atoms with Gasteiger partial charge >= 0.3 is 5.97 Å². The molecule has 1 fully saturated rings. The smallest absolute Gasteiger partial charge is 0.329 e. The molecule has 1 unspecified atom stereocenters. The van der Waals surface area contributed by atoms with Crippen molar-refractivity contribution in [2.24, 2.45) is 0 Å². The summed E-state index contributed by atoms with van der Waals surface area (Å²) in [6, 6.07) is 5.42. The van der Waals surface area contributed by atoms with E-state index in [4.69, 9.17) is 23.2 Å². The first-order valence-corrected chi connectivity index (χ1v) is 8.08. The Hall–Kier alpha value is -1.26. The van der Waals surface area contributed by atoms with Gasteiger partial charge in [0.05, 0.1) is 10.0 Å². The largest absolute Gasteiger partial charge is 0.480 e. The third-order valence-electron chi connectivity index (χ3n) is 4.24. The molecule has 1 amide bonds. The Morgan fingerprint density at radius 2 is 2.05 bits per heavy atom. The molecule has 0 radical (unpaired) electrons. The van der Waals surface area contributed by atoms with E-state index >= 15 is 0 Å². The van der Waals surface area contributed by atoms with Crippen LogP contribution in [0.1, 0.15) is 38.2 Å².